The standard InChI is InChI=1S/C19H25N5OS/c1-14-5-4-6-15(11-14)12-23(16-9-10-16)18(25)13-26-19-20-21-22-24(19)17-7-2-3-8-17/h4-6,11,16-17H,2-3,7-10,12-13H2,1H3. The molecule has 0 N–H and O–H groups in total. The van der Waals surface area contributed by atoms with Gasteiger partial charge in [0.1, 0.15) is 0 Å². The number of amides is 1. The Morgan fingerprint density at radius 3 is 2.81 bits per heavy atom. The molecule has 7 heteroatoms. The number of hydrogen-bond acceptors (Lipinski definition) is 5. The van der Waals surface area contributed by atoms with Crippen molar-refractivity contribution in [1.82, 2.24) is 25.1 Å². The lowest BCUT2D eigenvalue weighted by molar-refractivity contribution is -0.129. The maximum atomic E-state index is 12.9. The topological polar surface area (TPSA) is 63.9 Å². The molecule has 26 heavy (non-hydrogen) atoms. The summed E-state index contributed by atoms with van der Waals surface area (Å²) in [6, 6.07) is 9.21. The quantitative estimate of drug-likeness (QED) is 0.698. The zero-order chi connectivity index (χ0) is 17.9. The van der Waals surface area contributed by atoms with Crippen molar-refractivity contribution >= 4 is 17.7 Å². The van der Waals surface area contributed by atoms with E-state index in [1.807, 2.05) is 9.58 Å². The number of aromatic nitrogens is 4. The molecule has 1 heterocycles. The Balaban J connectivity index is 1.39. The summed E-state index contributed by atoms with van der Waals surface area (Å²) in [5.74, 6) is 0.579. The fraction of sp³-hybridized carbons (Fsp3) is 0.579. The largest absolute Gasteiger partial charge is 0.335 e. The van der Waals surface area contributed by atoms with Crippen molar-refractivity contribution in [3.05, 3.63) is 35.4 Å². The van der Waals surface area contributed by atoms with Gasteiger partial charge in [0.25, 0.3) is 0 Å². The second-order valence-electron chi connectivity index (χ2n) is 7.37. The minimum atomic E-state index is 0.181. The first-order chi connectivity index (χ1) is 12.7. The van der Waals surface area contributed by atoms with Crippen molar-refractivity contribution in [3.8, 4) is 0 Å². The number of carbonyl (C=O) groups is 1. The van der Waals surface area contributed by atoms with Gasteiger partial charge in [-0.2, -0.15) is 0 Å². The molecule has 1 amide bonds. The molecule has 2 aliphatic carbocycles. The molecule has 0 unspecified atom stereocenters. The summed E-state index contributed by atoms with van der Waals surface area (Å²) in [5, 5.41) is 12.9. The summed E-state index contributed by atoms with van der Waals surface area (Å²) in [5.41, 5.74) is 2.43. The van der Waals surface area contributed by atoms with E-state index in [4.69, 9.17) is 0 Å². The van der Waals surface area contributed by atoms with Gasteiger partial charge in [-0.15, -0.1) is 5.10 Å². The molecule has 0 radical (unpaired) electrons. The first kappa shape index (κ1) is 17.5. The number of benzene rings is 1. The van der Waals surface area contributed by atoms with Crippen molar-refractivity contribution in [3.63, 3.8) is 0 Å². The summed E-state index contributed by atoms with van der Waals surface area (Å²) in [4.78, 5) is 14.9. The van der Waals surface area contributed by atoms with Gasteiger partial charge >= 0.3 is 0 Å². The van der Waals surface area contributed by atoms with Crippen LogP contribution < -0.4 is 0 Å². The van der Waals surface area contributed by atoms with E-state index in [1.54, 1.807) is 0 Å². The van der Waals surface area contributed by atoms with Crippen LogP contribution in [0.2, 0.25) is 0 Å². The third kappa shape index (κ3) is 4.09. The molecule has 6 nitrogen and oxygen atoms in total. The van der Waals surface area contributed by atoms with Gasteiger partial charge in [0.05, 0.1) is 11.8 Å². The number of hydrogen-bond donors (Lipinski definition) is 0. The first-order valence-corrected chi connectivity index (χ1v) is 10.4. The van der Waals surface area contributed by atoms with E-state index in [9.17, 15) is 4.79 Å². The molecule has 0 aliphatic heterocycles. The number of tetrazole rings is 1. The van der Waals surface area contributed by atoms with Gasteiger partial charge in [0, 0.05) is 12.6 Å². The molecule has 2 aromatic rings. The fourth-order valence-electron chi connectivity index (χ4n) is 3.68. The smallest absolute Gasteiger partial charge is 0.233 e. The zero-order valence-electron chi connectivity index (χ0n) is 15.2. The van der Waals surface area contributed by atoms with Gasteiger partial charge in [-0.1, -0.05) is 54.4 Å². The highest BCUT2D eigenvalue weighted by molar-refractivity contribution is 7.99. The van der Waals surface area contributed by atoms with Gasteiger partial charge in [0.15, 0.2) is 0 Å². The maximum absolute atomic E-state index is 12.9. The lowest BCUT2D eigenvalue weighted by atomic mass is 10.1. The highest BCUT2D eigenvalue weighted by Gasteiger charge is 2.33. The van der Waals surface area contributed by atoms with Gasteiger partial charge < -0.3 is 4.90 Å². The Labute approximate surface area is 158 Å². The minimum absolute atomic E-state index is 0.181. The van der Waals surface area contributed by atoms with Crippen LogP contribution in [0.1, 0.15) is 55.7 Å². The zero-order valence-corrected chi connectivity index (χ0v) is 16.0. The summed E-state index contributed by atoms with van der Waals surface area (Å²) in [6.07, 6.45) is 6.96. The molecule has 2 aliphatic rings. The van der Waals surface area contributed by atoms with E-state index in [2.05, 4.69) is 46.7 Å². The molecule has 0 saturated heterocycles. The van der Waals surface area contributed by atoms with Gasteiger partial charge in [-0.25, -0.2) is 4.68 Å². The number of carbonyl (C=O) groups excluding carboxylic acids is 1. The highest BCUT2D eigenvalue weighted by Crippen LogP contribution is 2.32. The average molecular weight is 372 g/mol. The lowest BCUT2D eigenvalue weighted by Crippen LogP contribution is -2.34. The van der Waals surface area contributed by atoms with Crippen LogP contribution in [0, 0.1) is 6.92 Å². The van der Waals surface area contributed by atoms with Gasteiger partial charge in [0.2, 0.25) is 11.1 Å². The Morgan fingerprint density at radius 1 is 1.27 bits per heavy atom. The van der Waals surface area contributed by atoms with Gasteiger partial charge in [-0.3, -0.25) is 4.79 Å². The summed E-state index contributed by atoms with van der Waals surface area (Å²) in [7, 11) is 0. The number of rotatable bonds is 7. The van der Waals surface area contributed by atoms with Crippen LogP contribution in [0.5, 0.6) is 0 Å². The molecule has 1 aromatic heterocycles. The van der Waals surface area contributed by atoms with Crippen molar-refractivity contribution in [1.29, 1.82) is 0 Å². The second-order valence-corrected chi connectivity index (χ2v) is 8.32. The monoisotopic (exact) mass is 371 g/mol. The highest BCUT2D eigenvalue weighted by atomic mass is 32.2. The Hall–Kier alpha value is -1.89. The van der Waals surface area contributed by atoms with E-state index in [-0.39, 0.29) is 5.91 Å². The van der Waals surface area contributed by atoms with Crippen molar-refractivity contribution in [2.24, 2.45) is 0 Å². The average Bonchev–Trinajstić information content (AvgIpc) is 3.13. The molecular weight excluding hydrogens is 346 g/mol. The predicted molar refractivity (Wildman–Crippen MR) is 101 cm³/mol. The number of aryl methyl sites for hydroxylation is 1. The van der Waals surface area contributed by atoms with Crippen LogP contribution in [0.15, 0.2) is 29.4 Å². The van der Waals surface area contributed by atoms with E-state index in [0.29, 0.717) is 24.4 Å². The minimum Gasteiger partial charge on any atom is -0.335 e. The van der Waals surface area contributed by atoms with Crippen molar-refractivity contribution < 1.29 is 4.79 Å². The Morgan fingerprint density at radius 2 is 2.08 bits per heavy atom. The second kappa shape index (κ2) is 7.78. The molecule has 4 rings (SSSR count). The van der Waals surface area contributed by atoms with Crippen LogP contribution in [0.25, 0.3) is 0 Å². The van der Waals surface area contributed by atoms with Crippen LogP contribution in [-0.4, -0.2) is 42.8 Å². The van der Waals surface area contributed by atoms with Crippen LogP contribution in [0.3, 0.4) is 0 Å². The third-order valence-corrected chi connectivity index (χ3v) is 6.12. The van der Waals surface area contributed by atoms with Crippen molar-refractivity contribution in [2.75, 3.05) is 5.75 Å². The van der Waals surface area contributed by atoms with Crippen molar-refractivity contribution in [2.45, 2.75) is 69.2 Å². The SMILES string of the molecule is Cc1cccc(CN(C(=O)CSc2nnnn2C2CCCC2)C2CC2)c1. The number of thioether (sulfide) groups is 1. The maximum Gasteiger partial charge on any atom is 0.233 e. The molecule has 2 saturated carbocycles. The summed E-state index contributed by atoms with van der Waals surface area (Å²) >= 11 is 1.47. The van der Waals surface area contributed by atoms with Crippen LogP contribution >= 0.6 is 11.8 Å². The molecule has 1 aromatic carbocycles. The normalized spacial score (nSPS) is 17.6. The van der Waals surface area contributed by atoms with E-state index < -0.39 is 0 Å². The summed E-state index contributed by atoms with van der Waals surface area (Å²) in [6.45, 7) is 2.78. The Kier molecular flexibility index (Phi) is 5.24. The third-order valence-electron chi connectivity index (χ3n) is 5.20. The molecule has 0 spiro atoms. The van der Waals surface area contributed by atoms with E-state index in [1.165, 1.54) is 35.7 Å². The molecular formula is C19H25N5OS. The Bertz CT molecular complexity index is 767. The van der Waals surface area contributed by atoms with E-state index >= 15 is 0 Å². The van der Waals surface area contributed by atoms with Gasteiger partial charge in [-0.05, 0) is 48.6 Å². The predicted octanol–water partition coefficient (Wildman–Crippen LogP) is 3.38. The molecule has 2 fully saturated rings. The fourth-order valence-corrected chi connectivity index (χ4v) is 4.51. The number of nitrogens with zero attached hydrogens (tertiary/aromatic N) is 5. The first-order valence-electron chi connectivity index (χ1n) is 9.46. The van der Waals surface area contributed by atoms with E-state index in [0.717, 1.165) is 30.8 Å². The van der Waals surface area contributed by atoms with Crippen LogP contribution in [-0.2, 0) is 11.3 Å². The molecule has 0 atom stereocenters. The summed E-state index contributed by atoms with van der Waals surface area (Å²) < 4.78 is 1.92. The lowest BCUT2D eigenvalue weighted by Gasteiger charge is -2.22. The molecule has 138 valence electrons. The molecule has 0 bridgehead atoms. The van der Waals surface area contributed by atoms with Crippen LogP contribution in [0.4, 0.5) is 0 Å².